The fourth-order valence-corrected chi connectivity index (χ4v) is 2.10. The van der Waals surface area contributed by atoms with Crippen molar-refractivity contribution in [2.75, 3.05) is 13.7 Å². The third-order valence-corrected chi connectivity index (χ3v) is 3.13. The Morgan fingerprint density at radius 3 is 2.70 bits per heavy atom. The summed E-state index contributed by atoms with van der Waals surface area (Å²) in [5, 5.41) is 9.07. The first-order valence-corrected chi connectivity index (χ1v) is 6.78. The minimum atomic E-state index is 0.0401. The molecule has 106 valence electrons. The van der Waals surface area contributed by atoms with Crippen molar-refractivity contribution in [1.82, 2.24) is 0 Å². The first-order valence-electron chi connectivity index (χ1n) is 6.78. The van der Waals surface area contributed by atoms with Crippen LogP contribution >= 0.6 is 0 Å². The minimum Gasteiger partial charge on any atom is -0.496 e. The maximum absolute atomic E-state index is 9.07. The molecular weight excluding hydrogens is 252 g/mol. The van der Waals surface area contributed by atoms with Crippen molar-refractivity contribution < 1.29 is 14.6 Å². The zero-order valence-corrected chi connectivity index (χ0v) is 11.7. The zero-order valence-electron chi connectivity index (χ0n) is 11.7. The van der Waals surface area contributed by atoms with Crippen LogP contribution in [-0.2, 0) is 13.0 Å². The predicted molar refractivity (Wildman–Crippen MR) is 79.2 cm³/mol. The second kappa shape index (κ2) is 7.56. The van der Waals surface area contributed by atoms with Crippen molar-refractivity contribution in [2.45, 2.75) is 19.4 Å². The highest BCUT2D eigenvalue weighted by Crippen LogP contribution is 2.19. The van der Waals surface area contributed by atoms with E-state index in [0.717, 1.165) is 29.9 Å². The van der Waals surface area contributed by atoms with Crippen molar-refractivity contribution >= 4 is 0 Å². The van der Waals surface area contributed by atoms with Gasteiger partial charge in [0.25, 0.3) is 0 Å². The van der Waals surface area contributed by atoms with Crippen LogP contribution < -0.4 is 9.47 Å². The second-order valence-electron chi connectivity index (χ2n) is 4.57. The molecule has 0 atom stereocenters. The second-order valence-corrected chi connectivity index (χ2v) is 4.57. The lowest BCUT2D eigenvalue weighted by Crippen LogP contribution is -2.01. The van der Waals surface area contributed by atoms with Crippen LogP contribution in [0, 0.1) is 0 Å². The van der Waals surface area contributed by atoms with Gasteiger partial charge in [-0.3, -0.25) is 0 Å². The van der Waals surface area contributed by atoms with Crippen molar-refractivity contribution in [3.8, 4) is 11.5 Å². The fraction of sp³-hybridized carbons (Fsp3) is 0.294. The maximum Gasteiger partial charge on any atom is 0.122 e. The van der Waals surface area contributed by atoms with Crippen LogP contribution in [0.3, 0.4) is 0 Å². The largest absolute Gasteiger partial charge is 0.496 e. The van der Waals surface area contributed by atoms with E-state index in [1.54, 1.807) is 7.11 Å². The molecule has 2 aromatic carbocycles. The topological polar surface area (TPSA) is 38.7 Å². The molecule has 0 unspecified atom stereocenters. The van der Waals surface area contributed by atoms with Gasteiger partial charge in [0.05, 0.1) is 20.3 Å². The van der Waals surface area contributed by atoms with Crippen molar-refractivity contribution in [2.24, 2.45) is 0 Å². The summed E-state index contributed by atoms with van der Waals surface area (Å²) in [7, 11) is 1.69. The van der Waals surface area contributed by atoms with Gasteiger partial charge in [-0.2, -0.15) is 0 Å². The first kappa shape index (κ1) is 14.4. The van der Waals surface area contributed by atoms with Crippen molar-refractivity contribution in [3.05, 3.63) is 59.7 Å². The zero-order chi connectivity index (χ0) is 14.2. The molecule has 3 nitrogen and oxygen atoms in total. The lowest BCUT2D eigenvalue weighted by molar-refractivity contribution is 0.278. The molecule has 2 rings (SSSR count). The van der Waals surface area contributed by atoms with Gasteiger partial charge in [0.1, 0.15) is 11.5 Å². The molecule has 1 N–H and O–H groups in total. The number of aliphatic hydroxyl groups excluding tert-OH is 1. The highest BCUT2D eigenvalue weighted by atomic mass is 16.5. The Morgan fingerprint density at radius 1 is 1.05 bits per heavy atom. The average molecular weight is 272 g/mol. The number of ether oxygens (including phenoxy) is 2. The Labute approximate surface area is 119 Å². The summed E-state index contributed by atoms with van der Waals surface area (Å²) in [5.41, 5.74) is 2.06. The molecule has 0 amide bonds. The summed E-state index contributed by atoms with van der Waals surface area (Å²) in [6.07, 6.45) is 1.84. The Hall–Kier alpha value is -2.00. The van der Waals surface area contributed by atoms with Gasteiger partial charge in [0.2, 0.25) is 0 Å². The van der Waals surface area contributed by atoms with Crippen LogP contribution in [0.4, 0.5) is 0 Å². The summed E-state index contributed by atoms with van der Waals surface area (Å²) in [4.78, 5) is 0. The number of rotatable bonds is 7. The first-order chi connectivity index (χ1) is 9.83. The highest BCUT2D eigenvalue weighted by Gasteiger charge is 2.02. The molecular formula is C17H20O3. The molecule has 20 heavy (non-hydrogen) atoms. The lowest BCUT2D eigenvalue weighted by atomic mass is 10.1. The normalized spacial score (nSPS) is 10.3. The lowest BCUT2D eigenvalue weighted by Gasteiger charge is -2.09. The highest BCUT2D eigenvalue weighted by molar-refractivity contribution is 5.33. The van der Waals surface area contributed by atoms with E-state index in [-0.39, 0.29) is 6.61 Å². The van der Waals surface area contributed by atoms with Crippen molar-refractivity contribution in [1.29, 1.82) is 0 Å². The van der Waals surface area contributed by atoms with E-state index in [2.05, 4.69) is 6.07 Å². The summed E-state index contributed by atoms with van der Waals surface area (Å²) < 4.78 is 11.0. The van der Waals surface area contributed by atoms with E-state index in [0.29, 0.717) is 6.61 Å². The smallest absolute Gasteiger partial charge is 0.122 e. The molecule has 0 aromatic heterocycles. The molecule has 2 aromatic rings. The van der Waals surface area contributed by atoms with Crippen LogP contribution in [0.15, 0.2) is 48.5 Å². The van der Waals surface area contributed by atoms with Crippen LogP contribution in [0.2, 0.25) is 0 Å². The molecule has 0 spiro atoms. The SMILES string of the molecule is COc1ccccc1CCCOc1cccc(CO)c1. The molecule has 0 bridgehead atoms. The molecule has 0 saturated carbocycles. The average Bonchev–Trinajstić information content (AvgIpc) is 2.52. The summed E-state index contributed by atoms with van der Waals surface area (Å²) in [6, 6.07) is 15.6. The molecule has 0 aliphatic rings. The predicted octanol–water partition coefficient (Wildman–Crippen LogP) is 3.20. The van der Waals surface area contributed by atoms with Gasteiger partial charge < -0.3 is 14.6 Å². The Morgan fingerprint density at radius 2 is 1.90 bits per heavy atom. The molecule has 3 heteroatoms. The molecule has 0 saturated heterocycles. The molecule has 0 aliphatic heterocycles. The number of para-hydroxylation sites is 1. The van der Waals surface area contributed by atoms with E-state index < -0.39 is 0 Å². The van der Waals surface area contributed by atoms with E-state index in [1.165, 1.54) is 5.56 Å². The third kappa shape index (κ3) is 4.00. The van der Waals surface area contributed by atoms with Gasteiger partial charge in [-0.15, -0.1) is 0 Å². The number of methoxy groups -OCH3 is 1. The number of aryl methyl sites for hydroxylation is 1. The van der Waals surface area contributed by atoms with E-state index >= 15 is 0 Å². The summed E-state index contributed by atoms with van der Waals surface area (Å²) in [6.45, 7) is 0.686. The van der Waals surface area contributed by atoms with Gasteiger partial charge in [0.15, 0.2) is 0 Å². The molecule has 0 radical (unpaired) electrons. The fourth-order valence-electron chi connectivity index (χ4n) is 2.10. The van der Waals surface area contributed by atoms with Crippen LogP contribution in [0.25, 0.3) is 0 Å². The summed E-state index contributed by atoms with van der Waals surface area (Å²) in [5.74, 6) is 1.73. The van der Waals surface area contributed by atoms with Gasteiger partial charge in [-0.1, -0.05) is 30.3 Å². The number of aliphatic hydroxyl groups is 1. The van der Waals surface area contributed by atoms with Crippen LogP contribution in [0.5, 0.6) is 11.5 Å². The quantitative estimate of drug-likeness (QED) is 0.787. The minimum absolute atomic E-state index is 0.0401. The third-order valence-electron chi connectivity index (χ3n) is 3.13. The molecule has 0 fully saturated rings. The monoisotopic (exact) mass is 272 g/mol. The van der Waals surface area contributed by atoms with E-state index in [4.69, 9.17) is 14.6 Å². The van der Waals surface area contributed by atoms with Gasteiger partial charge >= 0.3 is 0 Å². The van der Waals surface area contributed by atoms with Crippen LogP contribution in [0.1, 0.15) is 17.5 Å². The van der Waals surface area contributed by atoms with Gasteiger partial charge in [-0.05, 0) is 42.2 Å². The summed E-state index contributed by atoms with van der Waals surface area (Å²) >= 11 is 0. The van der Waals surface area contributed by atoms with E-state index in [9.17, 15) is 0 Å². The van der Waals surface area contributed by atoms with Gasteiger partial charge in [-0.25, -0.2) is 0 Å². The number of hydrogen-bond donors (Lipinski definition) is 1. The van der Waals surface area contributed by atoms with Crippen LogP contribution in [-0.4, -0.2) is 18.8 Å². The Balaban J connectivity index is 1.81. The van der Waals surface area contributed by atoms with Gasteiger partial charge in [0, 0.05) is 0 Å². The molecule has 0 aliphatic carbocycles. The standard InChI is InChI=1S/C17H20O3/c1-19-17-10-3-2-7-15(17)8-5-11-20-16-9-4-6-14(12-16)13-18/h2-4,6-7,9-10,12,18H,5,8,11,13H2,1H3. The van der Waals surface area contributed by atoms with Crippen molar-refractivity contribution in [3.63, 3.8) is 0 Å². The molecule has 0 heterocycles. The Kier molecular flexibility index (Phi) is 5.44. The number of benzene rings is 2. The van der Waals surface area contributed by atoms with E-state index in [1.807, 2.05) is 42.5 Å². The maximum atomic E-state index is 9.07. The number of hydrogen-bond acceptors (Lipinski definition) is 3. The Bertz CT molecular complexity index is 537.